The van der Waals surface area contributed by atoms with Crippen LogP contribution in [0.2, 0.25) is 0 Å². The molecule has 0 spiro atoms. The zero-order valence-electron chi connectivity index (χ0n) is 7.97. The smallest absolute Gasteiger partial charge is 0.352 e. The standard InChI is InChI=1S/C8H10N2O3S.BrH/c1-3-2-14-7-4(9)6(11)10(7)5(3)8(12)13;/h4,7H,2,9H2,1H3,(H,12,13);1H/t4?,7-;/m1./s1. The first-order valence-electron chi connectivity index (χ1n) is 4.17. The Labute approximate surface area is 101 Å². The highest BCUT2D eigenvalue weighted by Gasteiger charge is 2.51. The van der Waals surface area contributed by atoms with Gasteiger partial charge in [0.1, 0.15) is 17.1 Å². The van der Waals surface area contributed by atoms with Gasteiger partial charge in [-0.2, -0.15) is 0 Å². The number of hydrogen-bond donors (Lipinski definition) is 2. The van der Waals surface area contributed by atoms with E-state index in [1.54, 1.807) is 6.92 Å². The number of β-lactam (4-membered cyclic amide) rings is 1. The molecule has 1 amide bonds. The van der Waals surface area contributed by atoms with Crippen LogP contribution >= 0.6 is 28.7 Å². The highest BCUT2D eigenvalue weighted by atomic mass is 79.9. The van der Waals surface area contributed by atoms with Crippen molar-refractivity contribution in [2.45, 2.75) is 18.3 Å². The number of fused-ring (bicyclic) bond motifs is 1. The Hall–Kier alpha value is -0.530. The number of amides is 1. The van der Waals surface area contributed by atoms with E-state index in [0.29, 0.717) is 5.75 Å². The summed E-state index contributed by atoms with van der Waals surface area (Å²) in [5, 5.41) is 8.75. The van der Waals surface area contributed by atoms with Crippen LogP contribution in [0, 0.1) is 0 Å². The fourth-order valence-corrected chi connectivity index (χ4v) is 2.91. The number of carbonyl (C=O) groups excluding carboxylic acids is 1. The van der Waals surface area contributed by atoms with Gasteiger partial charge in [-0.15, -0.1) is 28.7 Å². The molecular formula is C8H11BrN2O3S. The average molecular weight is 295 g/mol. The highest BCUT2D eigenvalue weighted by molar-refractivity contribution is 8.93. The Balaban J connectivity index is 0.00000112. The monoisotopic (exact) mass is 294 g/mol. The van der Waals surface area contributed by atoms with Crippen LogP contribution in [0.1, 0.15) is 6.92 Å². The Morgan fingerprint density at radius 2 is 2.27 bits per heavy atom. The summed E-state index contributed by atoms with van der Waals surface area (Å²) in [5.41, 5.74) is 6.39. The van der Waals surface area contributed by atoms with Crippen LogP contribution in [0.15, 0.2) is 11.3 Å². The van der Waals surface area contributed by atoms with Crippen molar-refractivity contribution in [2.24, 2.45) is 5.73 Å². The van der Waals surface area contributed by atoms with Gasteiger partial charge in [-0.05, 0) is 12.5 Å². The van der Waals surface area contributed by atoms with Crippen molar-refractivity contribution < 1.29 is 14.7 Å². The molecule has 0 bridgehead atoms. The zero-order valence-corrected chi connectivity index (χ0v) is 10.5. The van der Waals surface area contributed by atoms with Crippen molar-refractivity contribution in [2.75, 3.05) is 5.75 Å². The number of nitrogens with zero attached hydrogens (tertiary/aromatic N) is 1. The molecule has 0 aromatic heterocycles. The molecule has 1 fully saturated rings. The fraction of sp³-hybridized carbons (Fsp3) is 0.500. The maximum Gasteiger partial charge on any atom is 0.352 e. The molecule has 3 N–H and O–H groups in total. The second-order valence-electron chi connectivity index (χ2n) is 3.37. The molecule has 5 nitrogen and oxygen atoms in total. The number of thioether (sulfide) groups is 1. The summed E-state index contributed by atoms with van der Waals surface area (Å²) >= 11 is 1.51. The third-order valence-electron chi connectivity index (χ3n) is 2.40. The number of carboxylic acids is 1. The molecule has 0 aliphatic carbocycles. The average Bonchev–Trinajstić information content (AvgIpc) is 2.15. The lowest BCUT2D eigenvalue weighted by Crippen LogP contribution is -2.68. The molecule has 0 saturated carbocycles. The zero-order chi connectivity index (χ0) is 10.5. The third-order valence-corrected chi connectivity index (χ3v) is 3.85. The van der Waals surface area contributed by atoms with Crippen LogP contribution in [-0.2, 0) is 9.59 Å². The van der Waals surface area contributed by atoms with Gasteiger partial charge in [0.25, 0.3) is 0 Å². The van der Waals surface area contributed by atoms with Gasteiger partial charge in [0.15, 0.2) is 0 Å². The van der Waals surface area contributed by atoms with E-state index in [2.05, 4.69) is 0 Å². The number of hydrogen-bond acceptors (Lipinski definition) is 4. The molecule has 2 rings (SSSR count). The van der Waals surface area contributed by atoms with Crippen molar-refractivity contribution in [3.05, 3.63) is 11.3 Å². The van der Waals surface area contributed by atoms with E-state index in [9.17, 15) is 9.59 Å². The lowest BCUT2D eigenvalue weighted by molar-refractivity contribution is -0.147. The number of halogens is 1. The second kappa shape index (κ2) is 4.15. The molecular weight excluding hydrogens is 284 g/mol. The Kier molecular flexibility index (Phi) is 3.47. The number of rotatable bonds is 1. The van der Waals surface area contributed by atoms with E-state index in [0.717, 1.165) is 5.57 Å². The molecule has 84 valence electrons. The molecule has 2 heterocycles. The molecule has 2 aliphatic heterocycles. The van der Waals surface area contributed by atoms with Crippen molar-refractivity contribution in [3.8, 4) is 0 Å². The van der Waals surface area contributed by atoms with Crippen LogP contribution in [0.4, 0.5) is 0 Å². The quantitative estimate of drug-likeness (QED) is 0.674. The van der Waals surface area contributed by atoms with Crippen LogP contribution in [-0.4, -0.2) is 39.1 Å². The summed E-state index contributed by atoms with van der Waals surface area (Å²) in [7, 11) is 0. The Bertz CT molecular complexity index is 358. The van der Waals surface area contributed by atoms with E-state index in [-0.39, 0.29) is 34.0 Å². The van der Waals surface area contributed by atoms with Crippen molar-refractivity contribution in [3.63, 3.8) is 0 Å². The van der Waals surface area contributed by atoms with Gasteiger partial charge in [0.05, 0.1) is 0 Å². The molecule has 1 unspecified atom stereocenters. The minimum atomic E-state index is -1.05. The Morgan fingerprint density at radius 3 is 2.80 bits per heavy atom. The molecule has 0 aromatic carbocycles. The number of nitrogens with two attached hydrogens (primary N) is 1. The molecule has 2 aliphatic rings. The first-order valence-corrected chi connectivity index (χ1v) is 5.22. The molecule has 15 heavy (non-hydrogen) atoms. The maximum atomic E-state index is 11.3. The number of aliphatic carboxylic acids is 1. The molecule has 2 atom stereocenters. The lowest BCUT2D eigenvalue weighted by atomic mass is 10.0. The van der Waals surface area contributed by atoms with Gasteiger partial charge < -0.3 is 10.8 Å². The SMILES string of the molecule is Br.CC1=C(C(=O)O)N2C(=O)C(N)[C@H]2SC1. The first-order chi connectivity index (χ1) is 6.54. The van der Waals surface area contributed by atoms with Gasteiger partial charge in [-0.25, -0.2) is 4.79 Å². The minimum Gasteiger partial charge on any atom is -0.477 e. The summed E-state index contributed by atoms with van der Waals surface area (Å²) in [6, 6.07) is -0.539. The van der Waals surface area contributed by atoms with Crippen LogP contribution < -0.4 is 5.73 Å². The second-order valence-corrected chi connectivity index (χ2v) is 4.47. The van der Waals surface area contributed by atoms with E-state index in [4.69, 9.17) is 10.8 Å². The molecule has 7 heteroatoms. The molecule has 0 radical (unpaired) electrons. The first kappa shape index (κ1) is 12.5. The predicted octanol–water partition coefficient (Wildman–Crippen LogP) is 0.165. The normalized spacial score (nSPS) is 29.2. The topological polar surface area (TPSA) is 83.6 Å². The van der Waals surface area contributed by atoms with E-state index in [1.807, 2.05) is 0 Å². The summed E-state index contributed by atoms with van der Waals surface area (Å²) in [6.07, 6.45) is 0. The highest BCUT2D eigenvalue weighted by Crippen LogP contribution is 2.38. The van der Waals surface area contributed by atoms with Crippen molar-refractivity contribution in [1.29, 1.82) is 0 Å². The summed E-state index contributed by atoms with van der Waals surface area (Å²) < 4.78 is 0. The summed E-state index contributed by atoms with van der Waals surface area (Å²) in [6.45, 7) is 1.73. The Morgan fingerprint density at radius 1 is 1.67 bits per heavy atom. The number of carbonyl (C=O) groups is 2. The molecule has 0 aromatic rings. The largest absolute Gasteiger partial charge is 0.477 e. The minimum absolute atomic E-state index is 0. The predicted molar refractivity (Wildman–Crippen MR) is 61.7 cm³/mol. The van der Waals surface area contributed by atoms with Crippen LogP contribution in [0.25, 0.3) is 0 Å². The van der Waals surface area contributed by atoms with Crippen LogP contribution in [0.5, 0.6) is 0 Å². The summed E-state index contributed by atoms with van der Waals surface area (Å²) in [5.74, 6) is -0.712. The lowest BCUT2D eigenvalue weighted by Gasteiger charge is -2.47. The maximum absolute atomic E-state index is 11.3. The van der Waals surface area contributed by atoms with Gasteiger partial charge in [0.2, 0.25) is 5.91 Å². The van der Waals surface area contributed by atoms with Crippen LogP contribution in [0.3, 0.4) is 0 Å². The van der Waals surface area contributed by atoms with Crippen molar-refractivity contribution >= 4 is 40.6 Å². The van der Waals surface area contributed by atoms with Gasteiger partial charge in [0, 0.05) is 5.75 Å². The third kappa shape index (κ3) is 1.68. The van der Waals surface area contributed by atoms with E-state index >= 15 is 0 Å². The fourth-order valence-electron chi connectivity index (χ4n) is 1.67. The van der Waals surface area contributed by atoms with Gasteiger partial charge in [-0.3, -0.25) is 9.69 Å². The summed E-state index contributed by atoms with van der Waals surface area (Å²) in [4.78, 5) is 23.5. The van der Waals surface area contributed by atoms with E-state index < -0.39 is 12.0 Å². The van der Waals surface area contributed by atoms with Gasteiger partial charge >= 0.3 is 5.97 Å². The van der Waals surface area contributed by atoms with Crippen molar-refractivity contribution in [1.82, 2.24) is 4.90 Å². The van der Waals surface area contributed by atoms with E-state index in [1.165, 1.54) is 16.7 Å². The number of carboxylic acid groups (broad SMARTS) is 1. The van der Waals surface area contributed by atoms with Gasteiger partial charge in [-0.1, -0.05) is 0 Å². The molecule has 1 saturated heterocycles.